The summed E-state index contributed by atoms with van der Waals surface area (Å²) in [5.41, 5.74) is 3.66. The second kappa shape index (κ2) is 13.4. The number of aryl methyl sites for hydroxylation is 3. The number of para-hydroxylation sites is 1. The highest BCUT2D eigenvalue weighted by molar-refractivity contribution is 5.99. The van der Waals surface area contributed by atoms with Gasteiger partial charge in [-0.3, -0.25) is 9.59 Å². The van der Waals surface area contributed by atoms with Crippen LogP contribution in [0.3, 0.4) is 0 Å². The van der Waals surface area contributed by atoms with Crippen molar-refractivity contribution in [3.63, 3.8) is 0 Å². The molecule has 7 heteroatoms. The molecule has 2 aromatic rings. The number of anilines is 1. The summed E-state index contributed by atoms with van der Waals surface area (Å²) in [4.78, 5) is 42.4. The van der Waals surface area contributed by atoms with Crippen LogP contribution in [-0.4, -0.2) is 41.0 Å². The van der Waals surface area contributed by atoms with Gasteiger partial charge >= 0.3 is 6.09 Å². The van der Waals surface area contributed by atoms with E-state index < -0.39 is 23.8 Å². The minimum absolute atomic E-state index is 0.224. The number of rotatable bonds is 10. The fourth-order valence-electron chi connectivity index (χ4n) is 4.38. The average Bonchev–Trinajstić information content (AvgIpc) is 2.79. The first-order chi connectivity index (χ1) is 17.7. The first-order valence-corrected chi connectivity index (χ1v) is 13.5. The summed E-state index contributed by atoms with van der Waals surface area (Å²) >= 11 is 0. The van der Waals surface area contributed by atoms with E-state index in [2.05, 4.69) is 10.6 Å². The van der Waals surface area contributed by atoms with Gasteiger partial charge in [0, 0.05) is 12.2 Å². The molecule has 0 aromatic heterocycles. The van der Waals surface area contributed by atoms with Gasteiger partial charge in [-0.1, -0.05) is 74.7 Å². The van der Waals surface area contributed by atoms with Crippen LogP contribution in [0.25, 0.3) is 0 Å². The minimum atomic E-state index is -0.881. The minimum Gasteiger partial charge on any atom is -0.444 e. The summed E-state index contributed by atoms with van der Waals surface area (Å²) < 4.78 is 5.45. The number of unbranched alkanes of at least 4 members (excludes halogenated alkanes) is 1. The second-order valence-electron chi connectivity index (χ2n) is 11.4. The molecule has 7 nitrogen and oxygen atoms in total. The Bertz CT molecular complexity index is 1100. The summed E-state index contributed by atoms with van der Waals surface area (Å²) in [5, 5.41) is 5.83. The Morgan fingerprint density at radius 3 is 2.11 bits per heavy atom. The number of hydrogen-bond acceptors (Lipinski definition) is 4. The van der Waals surface area contributed by atoms with Crippen molar-refractivity contribution >= 4 is 23.6 Å². The zero-order valence-electron chi connectivity index (χ0n) is 24.5. The molecule has 2 unspecified atom stereocenters. The van der Waals surface area contributed by atoms with E-state index >= 15 is 0 Å². The van der Waals surface area contributed by atoms with Crippen molar-refractivity contribution in [2.75, 3.05) is 11.9 Å². The van der Waals surface area contributed by atoms with Crippen molar-refractivity contribution in [3.8, 4) is 0 Å². The van der Waals surface area contributed by atoms with Gasteiger partial charge in [-0.05, 0) is 71.1 Å². The van der Waals surface area contributed by atoms with Gasteiger partial charge in [0.1, 0.15) is 17.7 Å². The number of carbonyl (C=O) groups is 3. The van der Waals surface area contributed by atoms with Crippen LogP contribution in [0.1, 0.15) is 82.7 Å². The predicted molar refractivity (Wildman–Crippen MR) is 153 cm³/mol. The first-order valence-electron chi connectivity index (χ1n) is 13.5. The summed E-state index contributed by atoms with van der Waals surface area (Å²) in [6.45, 7) is 17.4. The van der Waals surface area contributed by atoms with Crippen LogP contribution in [0.2, 0.25) is 0 Å². The van der Waals surface area contributed by atoms with E-state index in [0.29, 0.717) is 18.7 Å². The lowest BCUT2D eigenvalue weighted by atomic mass is 9.96. The van der Waals surface area contributed by atoms with Crippen molar-refractivity contribution in [2.45, 2.75) is 92.8 Å². The smallest absolute Gasteiger partial charge is 0.408 e. The molecule has 0 radical (unpaired) electrons. The van der Waals surface area contributed by atoms with E-state index in [1.807, 2.05) is 84.0 Å². The van der Waals surface area contributed by atoms with Crippen molar-refractivity contribution in [2.24, 2.45) is 5.92 Å². The molecule has 2 atom stereocenters. The van der Waals surface area contributed by atoms with E-state index in [-0.39, 0.29) is 17.7 Å². The SMILES string of the molecule is CCCCN(C(=O)C(NC(=O)OC(C)(C)C)C(C)C)C(C(=O)Nc1ccccc1C)c1cc(C)cc(C)c1. The molecule has 0 heterocycles. The van der Waals surface area contributed by atoms with Crippen LogP contribution in [0.4, 0.5) is 10.5 Å². The number of alkyl carbamates (subject to hydrolysis) is 1. The topological polar surface area (TPSA) is 87.7 Å². The Labute approximate surface area is 228 Å². The van der Waals surface area contributed by atoms with E-state index in [1.165, 1.54) is 0 Å². The Hall–Kier alpha value is -3.35. The fourth-order valence-corrected chi connectivity index (χ4v) is 4.38. The Kier molecular flexibility index (Phi) is 10.9. The molecule has 2 rings (SSSR count). The third kappa shape index (κ3) is 8.89. The summed E-state index contributed by atoms with van der Waals surface area (Å²) in [6, 6.07) is 11.8. The fraction of sp³-hybridized carbons (Fsp3) is 0.516. The molecule has 0 spiro atoms. The Balaban J connectivity index is 2.57. The number of amides is 3. The number of nitrogens with one attached hydrogen (secondary N) is 2. The van der Waals surface area contributed by atoms with E-state index in [1.54, 1.807) is 25.7 Å². The standard InChI is InChI=1S/C31H45N3O4/c1-10-11-16-34(29(36)26(20(2)3)33-30(37)38-31(7,8)9)27(24-18-21(4)17-22(5)19-24)28(35)32-25-15-13-12-14-23(25)6/h12-15,17-20,26-27H,10-11,16H2,1-9H3,(H,32,35)(H,33,37). The molecular formula is C31H45N3O4. The molecule has 0 bridgehead atoms. The molecular weight excluding hydrogens is 478 g/mol. The molecule has 2 N–H and O–H groups in total. The average molecular weight is 524 g/mol. The molecule has 208 valence electrons. The van der Waals surface area contributed by atoms with Gasteiger partial charge in [-0.25, -0.2) is 4.79 Å². The molecule has 2 aromatic carbocycles. The Morgan fingerprint density at radius 2 is 1.58 bits per heavy atom. The van der Waals surface area contributed by atoms with Crippen molar-refractivity contribution in [1.29, 1.82) is 0 Å². The lowest BCUT2D eigenvalue weighted by molar-refractivity contribution is -0.141. The molecule has 0 aliphatic rings. The van der Waals surface area contributed by atoms with Gasteiger partial charge in [0.25, 0.3) is 5.91 Å². The van der Waals surface area contributed by atoms with Crippen LogP contribution in [0.5, 0.6) is 0 Å². The molecule has 3 amide bonds. The van der Waals surface area contributed by atoms with Crippen LogP contribution in [0, 0.1) is 26.7 Å². The van der Waals surface area contributed by atoms with E-state index in [9.17, 15) is 14.4 Å². The maximum absolute atomic E-state index is 14.2. The number of benzene rings is 2. The highest BCUT2D eigenvalue weighted by atomic mass is 16.6. The summed E-state index contributed by atoms with van der Waals surface area (Å²) in [6.07, 6.45) is 0.892. The predicted octanol–water partition coefficient (Wildman–Crippen LogP) is 6.47. The summed E-state index contributed by atoms with van der Waals surface area (Å²) in [5.74, 6) is -0.838. The normalized spacial score (nSPS) is 13.0. The second-order valence-corrected chi connectivity index (χ2v) is 11.4. The zero-order chi connectivity index (χ0) is 28.6. The number of carbonyl (C=O) groups excluding carboxylic acids is 3. The first kappa shape index (κ1) is 30.9. The van der Waals surface area contributed by atoms with Gasteiger partial charge in [-0.2, -0.15) is 0 Å². The van der Waals surface area contributed by atoms with Crippen LogP contribution in [-0.2, 0) is 14.3 Å². The van der Waals surface area contributed by atoms with Gasteiger partial charge in [0.05, 0.1) is 0 Å². The van der Waals surface area contributed by atoms with Crippen LogP contribution < -0.4 is 10.6 Å². The quantitative estimate of drug-likeness (QED) is 0.374. The highest BCUT2D eigenvalue weighted by Gasteiger charge is 2.37. The monoisotopic (exact) mass is 523 g/mol. The molecule has 0 aliphatic carbocycles. The van der Waals surface area contributed by atoms with E-state index in [0.717, 1.165) is 28.7 Å². The van der Waals surface area contributed by atoms with Gasteiger partial charge < -0.3 is 20.3 Å². The van der Waals surface area contributed by atoms with Gasteiger partial charge in [0.15, 0.2) is 0 Å². The van der Waals surface area contributed by atoms with Crippen LogP contribution in [0.15, 0.2) is 42.5 Å². The molecule has 0 fully saturated rings. The largest absolute Gasteiger partial charge is 0.444 e. The lowest BCUT2D eigenvalue weighted by Gasteiger charge is -2.36. The third-order valence-corrected chi connectivity index (χ3v) is 6.16. The molecule has 0 saturated carbocycles. The van der Waals surface area contributed by atoms with Crippen molar-refractivity contribution in [1.82, 2.24) is 10.2 Å². The van der Waals surface area contributed by atoms with E-state index in [4.69, 9.17) is 4.74 Å². The molecule has 0 saturated heterocycles. The Morgan fingerprint density at radius 1 is 0.974 bits per heavy atom. The van der Waals surface area contributed by atoms with Crippen LogP contribution >= 0.6 is 0 Å². The lowest BCUT2D eigenvalue weighted by Crippen LogP contribution is -2.54. The number of ether oxygens (including phenoxy) is 1. The third-order valence-electron chi connectivity index (χ3n) is 6.16. The van der Waals surface area contributed by atoms with Crippen molar-refractivity contribution < 1.29 is 19.1 Å². The molecule has 0 aliphatic heterocycles. The zero-order valence-corrected chi connectivity index (χ0v) is 24.5. The van der Waals surface area contributed by atoms with Gasteiger partial charge in [-0.15, -0.1) is 0 Å². The van der Waals surface area contributed by atoms with Gasteiger partial charge in [0.2, 0.25) is 5.91 Å². The summed E-state index contributed by atoms with van der Waals surface area (Å²) in [7, 11) is 0. The maximum atomic E-state index is 14.2. The maximum Gasteiger partial charge on any atom is 0.408 e. The number of hydrogen-bond donors (Lipinski definition) is 2. The van der Waals surface area contributed by atoms with Crippen molar-refractivity contribution in [3.05, 3.63) is 64.7 Å². The highest BCUT2D eigenvalue weighted by Crippen LogP contribution is 2.28. The number of nitrogens with zero attached hydrogens (tertiary/aromatic N) is 1. The molecule has 38 heavy (non-hydrogen) atoms.